The summed E-state index contributed by atoms with van der Waals surface area (Å²) in [5.74, 6) is -1.04. The van der Waals surface area contributed by atoms with E-state index in [1.54, 1.807) is 30.3 Å². The summed E-state index contributed by atoms with van der Waals surface area (Å²) in [5, 5.41) is 1.48. The Kier molecular flexibility index (Phi) is 7.03. The number of rotatable bonds is 6. The molecule has 180 valence electrons. The van der Waals surface area contributed by atoms with E-state index in [9.17, 15) is 22.4 Å². The van der Waals surface area contributed by atoms with Crippen LogP contribution in [0, 0.1) is 12.7 Å². The minimum atomic E-state index is -4.79. The lowest BCUT2D eigenvalue weighted by molar-refractivity contribution is -0.275. The number of carbonyl (C=O) groups is 1. The van der Waals surface area contributed by atoms with Crippen molar-refractivity contribution in [3.63, 3.8) is 0 Å². The number of carbonyl (C=O) groups excluding carboxylic acids is 1. The maximum atomic E-state index is 14.1. The molecular weight excluding hydrogens is 480 g/mol. The molecule has 0 aliphatic heterocycles. The summed E-state index contributed by atoms with van der Waals surface area (Å²) in [6.07, 6.45) is -4.71. The van der Waals surface area contributed by atoms with Gasteiger partial charge in [0, 0.05) is 4.90 Å². The summed E-state index contributed by atoms with van der Waals surface area (Å²) in [5.41, 5.74) is 3.15. The Morgan fingerprint density at radius 3 is 2.37 bits per heavy atom. The summed E-state index contributed by atoms with van der Waals surface area (Å²) >= 11 is 1.14. The van der Waals surface area contributed by atoms with Crippen LogP contribution in [0.4, 0.5) is 17.6 Å². The van der Waals surface area contributed by atoms with Crippen LogP contribution in [0.15, 0.2) is 82.6 Å². The van der Waals surface area contributed by atoms with Gasteiger partial charge in [-0.3, -0.25) is 4.79 Å². The molecule has 0 aromatic heterocycles. The lowest BCUT2D eigenvalue weighted by Gasteiger charge is -2.16. The number of para-hydroxylation sites is 1. The van der Waals surface area contributed by atoms with Crippen molar-refractivity contribution in [2.75, 3.05) is 7.11 Å². The van der Waals surface area contributed by atoms with Crippen LogP contribution in [-0.4, -0.2) is 19.4 Å². The molecule has 8 heteroatoms. The van der Waals surface area contributed by atoms with E-state index in [0.29, 0.717) is 15.2 Å². The molecule has 0 bridgehead atoms. The SMILES string of the molecule is COC(=O)Cc1cc2ccc(F)cc2c(-c2ccc(Sc3ccccc3OC(F)(F)F)cc2)c1C. The molecule has 0 unspecified atom stereocenters. The van der Waals surface area contributed by atoms with Crippen molar-refractivity contribution in [2.45, 2.75) is 29.5 Å². The average Bonchev–Trinajstić information content (AvgIpc) is 2.81. The summed E-state index contributed by atoms with van der Waals surface area (Å²) in [4.78, 5) is 13.0. The van der Waals surface area contributed by atoms with Gasteiger partial charge in [0.2, 0.25) is 0 Å². The third-order valence-corrected chi connectivity index (χ3v) is 6.54. The van der Waals surface area contributed by atoms with Crippen LogP contribution in [0.3, 0.4) is 0 Å². The molecule has 0 spiro atoms. The molecule has 0 fully saturated rings. The molecule has 0 saturated carbocycles. The first-order valence-electron chi connectivity index (χ1n) is 10.6. The molecule has 0 N–H and O–H groups in total. The minimum absolute atomic E-state index is 0.0760. The lowest BCUT2D eigenvalue weighted by atomic mass is 9.89. The molecule has 4 aromatic carbocycles. The maximum Gasteiger partial charge on any atom is 0.573 e. The van der Waals surface area contributed by atoms with Gasteiger partial charge in [-0.25, -0.2) is 4.39 Å². The molecule has 0 aliphatic carbocycles. The first-order chi connectivity index (χ1) is 16.6. The second-order valence-corrected chi connectivity index (χ2v) is 8.89. The van der Waals surface area contributed by atoms with Gasteiger partial charge >= 0.3 is 12.3 Å². The summed E-state index contributed by atoms with van der Waals surface area (Å²) in [6.45, 7) is 1.87. The lowest BCUT2D eigenvalue weighted by Crippen LogP contribution is -2.17. The number of halogens is 4. The Morgan fingerprint density at radius 2 is 1.69 bits per heavy atom. The summed E-state index contributed by atoms with van der Waals surface area (Å²) < 4.78 is 61.3. The zero-order valence-electron chi connectivity index (χ0n) is 18.8. The molecule has 4 aromatic rings. The third-order valence-electron chi connectivity index (χ3n) is 5.48. The number of esters is 1. The molecule has 0 aliphatic rings. The normalized spacial score (nSPS) is 11.5. The second-order valence-electron chi connectivity index (χ2n) is 7.78. The number of methoxy groups -OCH3 is 1. The van der Waals surface area contributed by atoms with E-state index in [1.807, 2.05) is 25.1 Å². The predicted molar refractivity (Wildman–Crippen MR) is 127 cm³/mol. The van der Waals surface area contributed by atoms with Crippen LogP contribution in [0.5, 0.6) is 5.75 Å². The van der Waals surface area contributed by atoms with Gasteiger partial charge in [0.05, 0.1) is 18.4 Å². The highest BCUT2D eigenvalue weighted by atomic mass is 32.2. The van der Waals surface area contributed by atoms with Gasteiger partial charge in [0.15, 0.2) is 0 Å². The van der Waals surface area contributed by atoms with Crippen molar-refractivity contribution in [3.8, 4) is 16.9 Å². The van der Waals surface area contributed by atoms with Crippen LogP contribution >= 0.6 is 11.8 Å². The molecule has 0 amide bonds. The van der Waals surface area contributed by atoms with Crippen LogP contribution in [0.25, 0.3) is 21.9 Å². The molecule has 4 rings (SSSR count). The third kappa shape index (κ3) is 5.77. The van der Waals surface area contributed by atoms with E-state index in [4.69, 9.17) is 4.74 Å². The fraction of sp³-hybridized carbons (Fsp3) is 0.148. The van der Waals surface area contributed by atoms with Gasteiger partial charge in [-0.1, -0.05) is 48.2 Å². The monoisotopic (exact) mass is 500 g/mol. The Morgan fingerprint density at radius 1 is 0.971 bits per heavy atom. The quantitative estimate of drug-likeness (QED) is 0.201. The van der Waals surface area contributed by atoms with Crippen molar-refractivity contribution < 1.29 is 31.8 Å². The van der Waals surface area contributed by atoms with Crippen molar-refractivity contribution in [3.05, 3.63) is 89.7 Å². The van der Waals surface area contributed by atoms with E-state index < -0.39 is 6.36 Å². The number of alkyl halides is 3. The van der Waals surface area contributed by atoms with Crippen LogP contribution in [-0.2, 0) is 16.0 Å². The van der Waals surface area contributed by atoms with Gasteiger partial charge in [0.25, 0.3) is 0 Å². The number of benzene rings is 4. The molecule has 0 atom stereocenters. The highest BCUT2D eigenvalue weighted by Crippen LogP contribution is 2.39. The summed E-state index contributed by atoms with van der Waals surface area (Å²) in [7, 11) is 1.32. The van der Waals surface area contributed by atoms with E-state index in [2.05, 4.69) is 4.74 Å². The van der Waals surface area contributed by atoms with Crippen LogP contribution in [0.1, 0.15) is 11.1 Å². The highest BCUT2D eigenvalue weighted by molar-refractivity contribution is 7.99. The van der Waals surface area contributed by atoms with Gasteiger partial charge in [-0.2, -0.15) is 0 Å². The van der Waals surface area contributed by atoms with Crippen molar-refractivity contribution >= 4 is 28.5 Å². The first-order valence-corrected chi connectivity index (χ1v) is 11.4. The number of ether oxygens (including phenoxy) is 2. The van der Waals surface area contributed by atoms with Crippen molar-refractivity contribution in [1.29, 1.82) is 0 Å². The largest absolute Gasteiger partial charge is 0.573 e. The topological polar surface area (TPSA) is 35.5 Å². The zero-order chi connectivity index (χ0) is 25.2. The smallest absolute Gasteiger partial charge is 0.469 e. The Balaban J connectivity index is 1.72. The van der Waals surface area contributed by atoms with Crippen molar-refractivity contribution in [1.82, 2.24) is 0 Å². The maximum absolute atomic E-state index is 14.1. The number of hydrogen-bond acceptors (Lipinski definition) is 4. The van der Waals surface area contributed by atoms with Gasteiger partial charge in [0.1, 0.15) is 11.6 Å². The van der Waals surface area contributed by atoms with E-state index in [-0.39, 0.29) is 24.0 Å². The van der Waals surface area contributed by atoms with E-state index in [0.717, 1.165) is 39.4 Å². The Hall–Kier alpha value is -3.52. The van der Waals surface area contributed by atoms with Gasteiger partial charge in [-0.15, -0.1) is 13.2 Å². The first kappa shape index (κ1) is 24.6. The van der Waals surface area contributed by atoms with Crippen LogP contribution < -0.4 is 4.74 Å². The molecule has 0 radical (unpaired) electrons. The Bertz CT molecular complexity index is 1380. The van der Waals surface area contributed by atoms with Crippen LogP contribution in [0.2, 0.25) is 0 Å². The predicted octanol–water partition coefficient (Wildman–Crippen LogP) is 7.72. The molecule has 3 nitrogen and oxygen atoms in total. The molecule has 35 heavy (non-hydrogen) atoms. The van der Waals surface area contributed by atoms with Gasteiger partial charge < -0.3 is 9.47 Å². The molecule has 0 heterocycles. The fourth-order valence-electron chi connectivity index (χ4n) is 3.87. The zero-order valence-corrected chi connectivity index (χ0v) is 19.6. The highest BCUT2D eigenvalue weighted by Gasteiger charge is 2.32. The Labute approximate surface area is 203 Å². The number of hydrogen-bond donors (Lipinski definition) is 0. The van der Waals surface area contributed by atoms with Gasteiger partial charge in [-0.05, 0) is 76.3 Å². The molecule has 0 saturated heterocycles. The van der Waals surface area contributed by atoms with E-state index >= 15 is 0 Å². The average molecular weight is 501 g/mol. The van der Waals surface area contributed by atoms with Crippen molar-refractivity contribution in [2.24, 2.45) is 0 Å². The fourth-order valence-corrected chi connectivity index (χ4v) is 4.76. The molecular formula is C27H20F4O3S. The number of fused-ring (bicyclic) bond motifs is 1. The summed E-state index contributed by atoms with van der Waals surface area (Å²) in [6, 6.07) is 19.5. The standard InChI is InChI=1S/C27H20F4O3S/c1-16-19(14-25(32)33-2)13-18-7-10-20(28)15-22(18)26(16)17-8-11-21(12-9-17)35-24-6-4-3-5-23(24)34-27(29,30)31/h3-13,15H,14H2,1-2H3. The second kappa shape index (κ2) is 10.00. The van der Waals surface area contributed by atoms with E-state index in [1.165, 1.54) is 31.4 Å². The minimum Gasteiger partial charge on any atom is -0.469 e.